The lowest BCUT2D eigenvalue weighted by Gasteiger charge is -2.23. The van der Waals surface area contributed by atoms with Gasteiger partial charge >= 0.3 is 0 Å². The Morgan fingerprint density at radius 2 is 1.87 bits per heavy atom. The number of carbonyl (C=O) groups excluding carboxylic acids is 1. The predicted molar refractivity (Wildman–Crippen MR) is 106 cm³/mol. The third-order valence-electron chi connectivity index (χ3n) is 4.49. The fourth-order valence-corrected chi connectivity index (χ4v) is 3.65. The minimum absolute atomic E-state index is 0.180. The number of carbonyl (C=O) groups is 1. The van der Waals surface area contributed by atoms with Crippen molar-refractivity contribution in [2.24, 2.45) is 0 Å². The van der Waals surface area contributed by atoms with Crippen LogP contribution < -0.4 is 24.3 Å². The smallest absolute Gasteiger partial charge is 0.277 e. The van der Waals surface area contributed by atoms with Gasteiger partial charge in [-0.25, -0.2) is 0 Å². The lowest BCUT2D eigenvalue weighted by molar-refractivity contribution is -0.115. The minimum atomic E-state index is -0.500. The summed E-state index contributed by atoms with van der Waals surface area (Å²) < 4.78 is 27.8. The Hall–Kier alpha value is -3.40. The molecule has 1 N–H and O–H groups in total. The molecule has 10 heteroatoms. The lowest BCUT2D eigenvalue weighted by Crippen LogP contribution is -2.22. The molecule has 30 heavy (non-hydrogen) atoms. The summed E-state index contributed by atoms with van der Waals surface area (Å²) in [6, 6.07) is 12.6. The molecular formula is C20H17N3O6S. The van der Waals surface area contributed by atoms with Crippen molar-refractivity contribution < 1.29 is 28.2 Å². The maximum atomic E-state index is 12.5. The molecule has 0 spiro atoms. The van der Waals surface area contributed by atoms with Crippen molar-refractivity contribution >= 4 is 23.4 Å². The Morgan fingerprint density at radius 1 is 1.07 bits per heavy atom. The summed E-state index contributed by atoms with van der Waals surface area (Å²) >= 11 is 1.16. The summed E-state index contributed by atoms with van der Waals surface area (Å²) in [6.45, 7) is 2.20. The first kappa shape index (κ1) is 18.6. The van der Waals surface area contributed by atoms with Gasteiger partial charge in [-0.15, -0.1) is 10.2 Å². The van der Waals surface area contributed by atoms with Gasteiger partial charge < -0.3 is 28.7 Å². The van der Waals surface area contributed by atoms with Crippen molar-refractivity contribution in [2.45, 2.75) is 23.5 Å². The largest absolute Gasteiger partial charge is 0.485 e. The number of amides is 1. The summed E-state index contributed by atoms with van der Waals surface area (Å²) in [4.78, 5) is 12.5. The van der Waals surface area contributed by atoms with Crippen LogP contribution >= 0.6 is 11.8 Å². The average Bonchev–Trinajstić information content (AvgIpc) is 3.42. The van der Waals surface area contributed by atoms with E-state index in [1.807, 2.05) is 24.3 Å². The van der Waals surface area contributed by atoms with Gasteiger partial charge in [0.25, 0.3) is 11.1 Å². The molecule has 2 atom stereocenters. The summed E-state index contributed by atoms with van der Waals surface area (Å²) in [7, 11) is 0. The van der Waals surface area contributed by atoms with E-state index in [0.717, 1.165) is 11.8 Å². The summed E-state index contributed by atoms with van der Waals surface area (Å²) in [5, 5.41) is 10.7. The molecule has 3 heterocycles. The van der Waals surface area contributed by atoms with Crippen molar-refractivity contribution in [3.8, 4) is 23.0 Å². The van der Waals surface area contributed by atoms with Crippen LogP contribution in [0.1, 0.15) is 18.9 Å². The summed E-state index contributed by atoms with van der Waals surface area (Å²) in [6.07, 6.45) is -0.500. The van der Waals surface area contributed by atoms with E-state index in [9.17, 15) is 4.79 Å². The van der Waals surface area contributed by atoms with E-state index < -0.39 is 11.4 Å². The summed E-state index contributed by atoms with van der Waals surface area (Å²) in [5.41, 5.74) is 0.620. The SMILES string of the molecule is C[C@@H](Sc1nnc([C@H]2COc3ccccc3O2)o1)C(=O)Nc1ccc2c(c1)OCO2. The van der Waals surface area contributed by atoms with Crippen LogP contribution in [-0.2, 0) is 4.79 Å². The second-order valence-corrected chi connectivity index (χ2v) is 7.88. The Bertz CT molecular complexity index is 1090. The van der Waals surface area contributed by atoms with Gasteiger partial charge in [-0.1, -0.05) is 23.9 Å². The predicted octanol–water partition coefficient (Wildman–Crippen LogP) is 3.43. The number of ether oxygens (including phenoxy) is 4. The number of thioether (sulfide) groups is 1. The van der Waals surface area contributed by atoms with Crippen LogP contribution in [0.25, 0.3) is 0 Å². The molecule has 1 amide bonds. The van der Waals surface area contributed by atoms with Crippen molar-refractivity contribution in [3.63, 3.8) is 0 Å². The number of anilines is 1. The normalized spacial score (nSPS) is 17.4. The molecular weight excluding hydrogens is 410 g/mol. The lowest BCUT2D eigenvalue weighted by atomic mass is 10.2. The second kappa shape index (κ2) is 7.79. The topological polar surface area (TPSA) is 105 Å². The summed E-state index contributed by atoms with van der Waals surface area (Å²) in [5.74, 6) is 2.66. The molecule has 2 aromatic carbocycles. The van der Waals surface area contributed by atoms with Gasteiger partial charge in [0, 0.05) is 11.8 Å². The van der Waals surface area contributed by atoms with Gasteiger partial charge in [-0.05, 0) is 31.2 Å². The Labute approximate surface area is 175 Å². The Kier molecular flexibility index (Phi) is 4.83. The zero-order valence-corrected chi connectivity index (χ0v) is 16.7. The molecule has 2 aliphatic rings. The number of aromatic nitrogens is 2. The van der Waals surface area contributed by atoms with Gasteiger partial charge in [-0.3, -0.25) is 4.79 Å². The van der Waals surface area contributed by atoms with Crippen LogP contribution in [0, 0.1) is 0 Å². The fraction of sp³-hybridized carbons (Fsp3) is 0.250. The first-order chi connectivity index (χ1) is 14.7. The fourth-order valence-electron chi connectivity index (χ4n) is 2.96. The Morgan fingerprint density at radius 3 is 2.77 bits per heavy atom. The van der Waals surface area contributed by atoms with E-state index in [-0.39, 0.29) is 24.5 Å². The molecule has 0 fully saturated rings. The van der Waals surface area contributed by atoms with E-state index in [2.05, 4.69) is 15.5 Å². The van der Waals surface area contributed by atoms with E-state index >= 15 is 0 Å². The van der Waals surface area contributed by atoms with Crippen molar-refractivity contribution in [1.82, 2.24) is 10.2 Å². The average molecular weight is 427 g/mol. The van der Waals surface area contributed by atoms with Gasteiger partial charge in [0.1, 0.15) is 6.61 Å². The number of nitrogens with zero attached hydrogens (tertiary/aromatic N) is 2. The highest BCUT2D eigenvalue weighted by molar-refractivity contribution is 8.00. The van der Waals surface area contributed by atoms with Crippen molar-refractivity contribution in [3.05, 3.63) is 48.4 Å². The number of nitrogens with one attached hydrogen (secondary N) is 1. The Balaban J connectivity index is 1.20. The highest BCUT2D eigenvalue weighted by atomic mass is 32.2. The van der Waals surface area contributed by atoms with Gasteiger partial charge in [0.15, 0.2) is 23.0 Å². The van der Waals surface area contributed by atoms with Crippen molar-refractivity contribution in [1.29, 1.82) is 0 Å². The second-order valence-electron chi connectivity index (χ2n) is 6.59. The van der Waals surface area contributed by atoms with E-state index in [1.165, 1.54) is 0 Å². The molecule has 3 aromatic rings. The van der Waals surface area contributed by atoms with Crippen LogP contribution in [0.5, 0.6) is 23.0 Å². The standard InChI is InChI=1S/C20H17N3O6S/c1-11(18(24)21-12-6-7-14-16(8-12)27-10-26-14)30-20-23-22-19(29-20)17-9-25-13-4-2-3-5-15(13)28-17/h2-8,11,17H,9-10H2,1H3,(H,21,24)/t11-,17-/m1/s1. The maximum Gasteiger partial charge on any atom is 0.277 e. The van der Waals surface area contributed by atoms with Gasteiger partial charge in [-0.2, -0.15) is 0 Å². The zero-order valence-electron chi connectivity index (χ0n) is 15.9. The molecule has 1 aromatic heterocycles. The monoisotopic (exact) mass is 427 g/mol. The number of rotatable bonds is 5. The molecule has 9 nitrogen and oxygen atoms in total. The van der Waals surface area contributed by atoms with Crippen LogP contribution in [0.2, 0.25) is 0 Å². The van der Waals surface area contributed by atoms with Gasteiger partial charge in [0.05, 0.1) is 5.25 Å². The molecule has 0 unspecified atom stereocenters. The number of hydrogen-bond acceptors (Lipinski definition) is 9. The number of para-hydroxylation sites is 2. The van der Waals surface area contributed by atoms with Gasteiger partial charge in [0.2, 0.25) is 18.8 Å². The van der Waals surface area contributed by atoms with Crippen LogP contribution in [0.15, 0.2) is 52.1 Å². The first-order valence-electron chi connectivity index (χ1n) is 9.25. The molecule has 154 valence electrons. The van der Waals surface area contributed by atoms with Crippen LogP contribution in [0.4, 0.5) is 5.69 Å². The molecule has 0 saturated heterocycles. The maximum absolute atomic E-state index is 12.5. The number of fused-ring (bicyclic) bond motifs is 2. The molecule has 0 saturated carbocycles. The number of benzene rings is 2. The molecule has 2 aliphatic heterocycles. The molecule has 0 aliphatic carbocycles. The molecule has 0 bridgehead atoms. The minimum Gasteiger partial charge on any atom is -0.485 e. The highest BCUT2D eigenvalue weighted by Crippen LogP contribution is 2.37. The highest BCUT2D eigenvalue weighted by Gasteiger charge is 2.28. The molecule has 0 radical (unpaired) electrons. The third kappa shape index (κ3) is 3.73. The third-order valence-corrected chi connectivity index (χ3v) is 5.43. The van der Waals surface area contributed by atoms with Crippen LogP contribution in [-0.4, -0.2) is 34.8 Å². The zero-order chi connectivity index (χ0) is 20.5. The van der Waals surface area contributed by atoms with Crippen LogP contribution in [0.3, 0.4) is 0 Å². The quantitative estimate of drug-likeness (QED) is 0.613. The molecule has 5 rings (SSSR count). The van der Waals surface area contributed by atoms with E-state index in [1.54, 1.807) is 25.1 Å². The van der Waals surface area contributed by atoms with E-state index in [4.69, 9.17) is 23.4 Å². The van der Waals surface area contributed by atoms with E-state index in [0.29, 0.717) is 34.6 Å². The van der Waals surface area contributed by atoms with Crippen molar-refractivity contribution in [2.75, 3.05) is 18.7 Å². The number of hydrogen-bond donors (Lipinski definition) is 1. The first-order valence-corrected chi connectivity index (χ1v) is 10.1.